The standard InChI is InChI=1S/C22H27FN2O2/c1-25(13-11-20-6-2-3-14-27-20)22(26)21(15-17-5-4-12-24-16-17)18-7-9-19(23)10-8-18/h4-5,7-10,12,16,20-21H,2-3,6,11,13-15H2,1H3. The van der Waals surface area contributed by atoms with Crippen LogP contribution in [0.3, 0.4) is 0 Å². The first kappa shape index (κ1) is 19.5. The third-order valence-electron chi connectivity index (χ3n) is 5.17. The van der Waals surface area contributed by atoms with Gasteiger partial charge in [-0.05, 0) is 61.4 Å². The number of likely N-dealkylation sites (N-methyl/N-ethyl adjacent to an activating group) is 1. The number of nitrogens with zero attached hydrogens (tertiary/aromatic N) is 2. The summed E-state index contributed by atoms with van der Waals surface area (Å²) in [6.45, 7) is 1.48. The number of hydrogen-bond acceptors (Lipinski definition) is 3. The molecular formula is C22H27FN2O2. The second-order valence-corrected chi connectivity index (χ2v) is 7.21. The lowest BCUT2D eigenvalue weighted by Gasteiger charge is -2.28. The summed E-state index contributed by atoms with van der Waals surface area (Å²) in [5, 5.41) is 0. The summed E-state index contributed by atoms with van der Waals surface area (Å²) in [4.78, 5) is 19.1. The zero-order valence-electron chi connectivity index (χ0n) is 15.8. The summed E-state index contributed by atoms with van der Waals surface area (Å²) >= 11 is 0. The Labute approximate surface area is 160 Å². The van der Waals surface area contributed by atoms with Crippen molar-refractivity contribution in [2.45, 2.75) is 44.1 Å². The van der Waals surface area contributed by atoms with E-state index in [1.54, 1.807) is 29.4 Å². The average Bonchev–Trinajstić information content (AvgIpc) is 2.72. The normalized spacial score (nSPS) is 18.1. The molecule has 144 valence electrons. The summed E-state index contributed by atoms with van der Waals surface area (Å²) in [5.41, 5.74) is 1.82. The van der Waals surface area contributed by atoms with Gasteiger partial charge < -0.3 is 9.64 Å². The van der Waals surface area contributed by atoms with Gasteiger partial charge >= 0.3 is 0 Å². The van der Waals surface area contributed by atoms with Crippen LogP contribution < -0.4 is 0 Å². The van der Waals surface area contributed by atoms with Crippen molar-refractivity contribution in [3.8, 4) is 0 Å². The van der Waals surface area contributed by atoms with Crippen LogP contribution in [0.5, 0.6) is 0 Å². The van der Waals surface area contributed by atoms with Crippen molar-refractivity contribution in [1.82, 2.24) is 9.88 Å². The van der Waals surface area contributed by atoms with E-state index in [1.165, 1.54) is 18.6 Å². The van der Waals surface area contributed by atoms with E-state index in [9.17, 15) is 9.18 Å². The quantitative estimate of drug-likeness (QED) is 0.741. The molecule has 0 aliphatic carbocycles. The van der Waals surface area contributed by atoms with Gasteiger partial charge in [0.05, 0.1) is 12.0 Å². The zero-order valence-corrected chi connectivity index (χ0v) is 15.8. The van der Waals surface area contributed by atoms with Crippen molar-refractivity contribution in [1.29, 1.82) is 0 Å². The van der Waals surface area contributed by atoms with Crippen molar-refractivity contribution < 1.29 is 13.9 Å². The molecule has 2 aromatic rings. The lowest BCUT2D eigenvalue weighted by Crippen LogP contribution is -2.35. The average molecular weight is 370 g/mol. The van der Waals surface area contributed by atoms with Gasteiger partial charge in [-0.15, -0.1) is 0 Å². The van der Waals surface area contributed by atoms with Gasteiger partial charge in [-0.25, -0.2) is 4.39 Å². The van der Waals surface area contributed by atoms with E-state index in [0.717, 1.165) is 37.0 Å². The highest BCUT2D eigenvalue weighted by Crippen LogP contribution is 2.24. The van der Waals surface area contributed by atoms with E-state index >= 15 is 0 Å². The zero-order chi connectivity index (χ0) is 19.1. The molecule has 1 aliphatic heterocycles. The number of ether oxygens (including phenoxy) is 1. The van der Waals surface area contributed by atoms with Gasteiger partial charge in [-0.2, -0.15) is 0 Å². The number of rotatable bonds is 7. The molecule has 0 N–H and O–H groups in total. The molecule has 0 radical (unpaired) electrons. The van der Waals surface area contributed by atoms with Gasteiger partial charge in [0.1, 0.15) is 5.82 Å². The van der Waals surface area contributed by atoms with Crippen LogP contribution in [0.2, 0.25) is 0 Å². The predicted octanol–water partition coefficient (Wildman–Crippen LogP) is 3.96. The molecule has 1 amide bonds. The Balaban J connectivity index is 1.70. The molecule has 1 fully saturated rings. The third kappa shape index (κ3) is 5.60. The fourth-order valence-electron chi connectivity index (χ4n) is 3.55. The number of carbonyl (C=O) groups is 1. The first-order valence-electron chi connectivity index (χ1n) is 9.64. The maximum atomic E-state index is 13.3. The molecule has 1 aliphatic rings. The summed E-state index contributed by atoms with van der Waals surface area (Å²) in [5.74, 6) is -0.609. The van der Waals surface area contributed by atoms with Gasteiger partial charge in [-0.1, -0.05) is 18.2 Å². The molecule has 4 nitrogen and oxygen atoms in total. The molecule has 2 heterocycles. The molecular weight excluding hydrogens is 343 g/mol. The van der Waals surface area contributed by atoms with Crippen LogP contribution in [0, 0.1) is 5.82 Å². The van der Waals surface area contributed by atoms with E-state index < -0.39 is 0 Å². The molecule has 0 saturated carbocycles. The molecule has 3 rings (SSSR count). The lowest BCUT2D eigenvalue weighted by atomic mass is 9.91. The molecule has 1 aromatic carbocycles. The minimum Gasteiger partial charge on any atom is -0.378 e. The van der Waals surface area contributed by atoms with Crippen LogP contribution in [0.15, 0.2) is 48.8 Å². The largest absolute Gasteiger partial charge is 0.378 e. The van der Waals surface area contributed by atoms with Crippen molar-refractivity contribution in [2.75, 3.05) is 20.2 Å². The molecule has 0 spiro atoms. The molecule has 1 aromatic heterocycles. The highest BCUT2D eigenvalue weighted by atomic mass is 19.1. The minimum atomic E-state index is -0.355. The third-order valence-corrected chi connectivity index (χ3v) is 5.17. The fourth-order valence-corrected chi connectivity index (χ4v) is 3.55. The maximum Gasteiger partial charge on any atom is 0.230 e. The number of amides is 1. The van der Waals surface area contributed by atoms with Gasteiger partial charge in [0.25, 0.3) is 0 Å². The lowest BCUT2D eigenvalue weighted by molar-refractivity contribution is -0.132. The van der Waals surface area contributed by atoms with Crippen molar-refractivity contribution in [3.63, 3.8) is 0 Å². The van der Waals surface area contributed by atoms with Gasteiger partial charge in [0.2, 0.25) is 5.91 Å². The molecule has 27 heavy (non-hydrogen) atoms. The SMILES string of the molecule is CN(CCC1CCCCO1)C(=O)C(Cc1cccnc1)c1ccc(F)cc1. The Hall–Kier alpha value is -2.27. The fraction of sp³-hybridized carbons (Fsp3) is 0.455. The Morgan fingerprint density at radius 1 is 1.30 bits per heavy atom. The first-order chi connectivity index (χ1) is 13.1. The van der Waals surface area contributed by atoms with Gasteiger partial charge in [-0.3, -0.25) is 9.78 Å². The molecule has 1 saturated heterocycles. The molecule has 2 atom stereocenters. The first-order valence-corrected chi connectivity index (χ1v) is 9.64. The number of aromatic nitrogens is 1. The molecule has 2 unspecified atom stereocenters. The Kier molecular flexibility index (Phi) is 6.93. The van der Waals surface area contributed by atoms with E-state index in [2.05, 4.69) is 4.98 Å². The van der Waals surface area contributed by atoms with Gasteiger partial charge in [0, 0.05) is 32.6 Å². The van der Waals surface area contributed by atoms with Crippen molar-refractivity contribution in [2.24, 2.45) is 0 Å². The van der Waals surface area contributed by atoms with Crippen LogP contribution in [0.4, 0.5) is 4.39 Å². The smallest absolute Gasteiger partial charge is 0.230 e. The van der Waals surface area contributed by atoms with Crippen LogP contribution in [-0.2, 0) is 16.0 Å². The topological polar surface area (TPSA) is 42.4 Å². The Morgan fingerprint density at radius 3 is 2.78 bits per heavy atom. The number of hydrogen-bond donors (Lipinski definition) is 0. The summed E-state index contributed by atoms with van der Waals surface area (Å²) in [6.07, 6.45) is 8.53. The number of halogens is 1. The van der Waals surface area contributed by atoms with Gasteiger partial charge in [0.15, 0.2) is 0 Å². The van der Waals surface area contributed by atoms with Crippen LogP contribution in [-0.4, -0.2) is 42.1 Å². The Bertz CT molecular complexity index is 715. The summed E-state index contributed by atoms with van der Waals surface area (Å²) in [6, 6.07) is 10.1. The van der Waals surface area contributed by atoms with E-state index in [4.69, 9.17) is 4.74 Å². The van der Waals surface area contributed by atoms with Crippen LogP contribution >= 0.6 is 0 Å². The maximum absolute atomic E-state index is 13.3. The molecule has 0 bridgehead atoms. The van der Waals surface area contributed by atoms with E-state index in [0.29, 0.717) is 13.0 Å². The monoisotopic (exact) mass is 370 g/mol. The second-order valence-electron chi connectivity index (χ2n) is 7.21. The van der Waals surface area contributed by atoms with Crippen molar-refractivity contribution in [3.05, 3.63) is 65.7 Å². The number of pyridine rings is 1. The predicted molar refractivity (Wildman–Crippen MR) is 103 cm³/mol. The van der Waals surface area contributed by atoms with Crippen molar-refractivity contribution >= 4 is 5.91 Å². The minimum absolute atomic E-state index is 0.0428. The van der Waals surface area contributed by atoms with E-state index in [-0.39, 0.29) is 23.7 Å². The Morgan fingerprint density at radius 2 is 2.11 bits per heavy atom. The summed E-state index contributed by atoms with van der Waals surface area (Å²) in [7, 11) is 1.84. The number of benzene rings is 1. The van der Waals surface area contributed by atoms with Crippen LogP contribution in [0.25, 0.3) is 0 Å². The highest BCUT2D eigenvalue weighted by Gasteiger charge is 2.25. The van der Waals surface area contributed by atoms with E-state index in [1.807, 2.05) is 19.2 Å². The molecule has 5 heteroatoms. The number of carbonyl (C=O) groups excluding carboxylic acids is 1. The highest BCUT2D eigenvalue weighted by molar-refractivity contribution is 5.83. The van der Waals surface area contributed by atoms with Crippen LogP contribution in [0.1, 0.15) is 42.7 Å². The second kappa shape index (κ2) is 9.60. The summed E-state index contributed by atoms with van der Waals surface area (Å²) < 4.78 is 19.1.